The highest BCUT2D eigenvalue weighted by molar-refractivity contribution is 7.43. The van der Waals surface area contributed by atoms with Crippen LogP contribution in [0.2, 0.25) is 0 Å². The first-order valence-corrected chi connectivity index (χ1v) is 16.5. The van der Waals surface area contributed by atoms with Crippen LogP contribution in [0, 0.1) is 0 Å². The fourth-order valence-corrected chi connectivity index (χ4v) is 5.96. The molecule has 2 fully saturated rings. The second-order valence-electron chi connectivity index (χ2n) is 9.34. The van der Waals surface area contributed by atoms with Gasteiger partial charge in [0.1, 0.15) is 73.2 Å². The number of rotatable bonds is 14. The maximum Gasteiger partial charge on any atom is 0.314 e. The predicted molar refractivity (Wildman–Crippen MR) is 120 cm³/mol. The molecule has 27 heteroatoms. The van der Waals surface area contributed by atoms with E-state index in [0.29, 0.717) is 0 Å². The summed E-state index contributed by atoms with van der Waals surface area (Å²) in [7, 11) is -18.4. The number of ether oxygens (including phenoxy) is 2. The Balaban J connectivity index is 1.97. The van der Waals surface area contributed by atoms with E-state index in [1.165, 1.54) is 0 Å². The number of carbonyl (C=O) groups excluding carboxylic acids is 1. The second-order valence-corrected chi connectivity index (χ2v) is 12.7. The maximum absolute atomic E-state index is 12.0. The minimum absolute atomic E-state index is 0.308. The number of urea groups is 1. The van der Waals surface area contributed by atoms with Crippen molar-refractivity contribution in [2.24, 2.45) is 0 Å². The highest BCUT2D eigenvalue weighted by atomic mass is 31.2. The molecule has 2 aliphatic carbocycles. The molecule has 0 aliphatic heterocycles. The number of phosphoric acid groups is 3. The van der Waals surface area contributed by atoms with Crippen LogP contribution in [0.4, 0.5) is 4.79 Å². The van der Waals surface area contributed by atoms with E-state index < -0.39 is 123 Å². The summed E-state index contributed by atoms with van der Waals surface area (Å²) in [6, 6.07) is -0.951. The summed E-state index contributed by atoms with van der Waals surface area (Å²) in [5, 5.41) is 73.9. The molecule has 0 bridgehead atoms. The molecule has 0 spiro atoms. The smallest absolute Gasteiger partial charge is 0.314 e. The van der Waals surface area contributed by atoms with E-state index in [1.54, 1.807) is 0 Å². The Morgan fingerprint density at radius 2 is 0.795 bits per heavy atom. The molecule has 2 saturated carbocycles. The van der Waals surface area contributed by atoms with Gasteiger partial charge in [-0.3, -0.25) is 0 Å². The van der Waals surface area contributed by atoms with E-state index in [9.17, 15) is 83.6 Å². The van der Waals surface area contributed by atoms with Gasteiger partial charge >= 0.3 is 6.03 Å². The molecule has 2 aliphatic rings. The molecule has 0 aromatic carbocycles. The third-order valence-electron chi connectivity index (χ3n) is 6.22. The Bertz CT molecular complexity index is 1070. The topological polar surface area (TPSA) is 418 Å². The van der Waals surface area contributed by atoms with Crippen molar-refractivity contribution in [3.05, 3.63) is 0 Å². The van der Waals surface area contributed by atoms with Crippen molar-refractivity contribution in [3.63, 3.8) is 0 Å². The van der Waals surface area contributed by atoms with E-state index in [0.717, 1.165) is 0 Å². The molecule has 44 heavy (non-hydrogen) atoms. The van der Waals surface area contributed by atoms with Crippen LogP contribution in [0.25, 0.3) is 0 Å². The average Bonchev–Trinajstić information content (AvgIpc) is 2.88. The number of aliphatic hydroxyl groups is 7. The second kappa shape index (κ2) is 15.9. The molecule has 2 unspecified atom stereocenters. The molecule has 0 aromatic rings. The number of hydrogen-bond acceptors (Lipinski definition) is 22. The van der Waals surface area contributed by atoms with E-state index >= 15 is 0 Å². The predicted octanol–water partition coefficient (Wildman–Crippen LogP) is -10.7. The minimum atomic E-state index is -6.16. The fourth-order valence-electron chi connectivity index (χ4n) is 4.33. The van der Waals surface area contributed by atoms with Crippen LogP contribution < -0.4 is 40.0 Å². The Hall–Kier alpha value is -0.760. The fraction of sp³-hybridized carbons (Fsp3) is 0.941. The van der Waals surface area contributed by atoms with Crippen molar-refractivity contribution in [1.82, 2.24) is 10.6 Å². The van der Waals surface area contributed by atoms with Crippen LogP contribution in [0.1, 0.15) is 0 Å². The lowest BCUT2D eigenvalue weighted by molar-refractivity contribution is -0.372. The maximum atomic E-state index is 12.0. The lowest BCUT2D eigenvalue weighted by Crippen LogP contribution is -2.66. The summed E-state index contributed by atoms with van der Waals surface area (Å²) in [4.78, 5) is 78.8. The largest absolute Gasteiger partial charge is 0.790 e. The van der Waals surface area contributed by atoms with Crippen molar-refractivity contribution < 1.29 is 107 Å². The SMILES string of the molecule is O=C(NCCOC1[C@@H](O)[C@H](O)C(O)[C@H](O)[C@H]1O)NCCO[C@@H]1[C@H](O)[C@@H](OP(=O)([O-])[O-])[C@H](OP(=O)([O-])[O-])[C@@H](O)[C@@H]1OP(=O)([O-])[O-]. The molecule has 0 heterocycles. The van der Waals surface area contributed by atoms with Gasteiger partial charge in [-0.15, -0.1) is 0 Å². The summed E-state index contributed by atoms with van der Waals surface area (Å²) in [5.74, 6) is 0. The number of hydrogen-bond donors (Lipinski definition) is 9. The van der Waals surface area contributed by atoms with Crippen molar-refractivity contribution in [1.29, 1.82) is 0 Å². The third-order valence-corrected chi connectivity index (χ3v) is 7.72. The first-order valence-electron chi connectivity index (χ1n) is 12.2. The first kappa shape index (κ1) is 39.4. The quantitative estimate of drug-likeness (QED) is 0.0598. The summed E-state index contributed by atoms with van der Waals surface area (Å²) < 4.78 is 55.6. The van der Waals surface area contributed by atoms with Gasteiger partial charge in [0.15, 0.2) is 0 Å². The van der Waals surface area contributed by atoms with Crippen LogP contribution in [-0.4, -0.2) is 141 Å². The number of amides is 2. The Morgan fingerprint density at radius 3 is 1.16 bits per heavy atom. The van der Waals surface area contributed by atoms with Crippen LogP contribution >= 0.6 is 23.5 Å². The molecule has 24 nitrogen and oxygen atoms in total. The van der Waals surface area contributed by atoms with Crippen LogP contribution in [0.5, 0.6) is 0 Å². The first-order chi connectivity index (χ1) is 20.0. The van der Waals surface area contributed by atoms with E-state index in [1.807, 2.05) is 0 Å². The van der Waals surface area contributed by atoms with Crippen molar-refractivity contribution >= 4 is 29.5 Å². The summed E-state index contributed by atoms with van der Waals surface area (Å²) in [6.45, 7) is -1.98. The van der Waals surface area contributed by atoms with Crippen LogP contribution in [0.15, 0.2) is 0 Å². The van der Waals surface area contributed by atoms with Gasteiger partial charge in [-0.05, 0) is 0 Å². The van der Waals surface area contributed by atoms with Gasteiger partial charge in [-0.2, -0.15) is 0 Å². The minimum Gasteiger partial charge on any atom is -0.790 e. The van der Waals surface area contributed by atoms with Gasteiger partial charge < -0.3 is 112 Å². The summed E-state index contributed by atoms with van der Waals surface area (Å²) in [5.41, 5.74) is 0. The van der Waals surface area contributed by atoms with Crippen molar-refractivity contribution in [2.45, 2.75) is 73.2 Å². The van der Waals surface area contributed by atoms with Crippen molar-refractivity contribution in [2.75, 3.05) is 26.3 Å². The van der Waals surface area contributed by atoms with Gasteiger partial charge in [0.25, 0.3) is 0 Å². The Labute approximate surface area is 246 Å². The molecule has 2 amide bonds. The van der Waals surface area contributed by atoms with E-state index in [2.05, 4.69) is 24.2 Å². The lowest BCUT2D eigenvalue weighted by atomic mass is 9.85. The zero-order chi connectivity index (χ0) is 33.8. The zero-order valence-corrected chi connectivity index (χ0v) is 24.5. The normalized spacial score (nSPS) is 37.0. The standard InChI is InChI=1S/C17H35N2O22P3/c20-5-6(21)8(23)12(9(24)7(5)22)37-3-1-18-17(27)19-2-4-38-13-10(25)15(40-43(31,32)33)16(41-44(34,35)36)11(26)14(13)39-42(28,29)30/h5-16,20-26H,1-4H2,(H2,18,19,27)(H2,28,29,30)(H2,31,32,33)(H2,34,35,36)/p-6/t5?,6-,7+,8+,9-,10-,11-,12?,13+,14-,15+,16+/m0/s1. The average molecular weight is 706 g/mol. The highest BCUT2D eigenvalue weighted by Crippen LogP contribution is 2.44. The van der Waals surface area contributed by atoms with Crippen LogP contribution in [0.3, 0.4) is 0 Å². The van der Waals surface area contributed by atoms with E-state index in [-0.39, 0.29) is 6.54 Å². The number of carbonyl (C=O) groups is 1. The molecule has 260 valence electrons. The third kappa shape index (κ3) is 11.5. The van der Waals surface area contributed by atoms with Gasteiger partial charge in [-0.1, -0.05) is 0 Å². The monoisotopic (exact) mass is 706 g/mol. The molecular formula is C17H29N2O22P3-6. The number of aliphatic hydroxyl groups excluding tert-OH is 7. The summed E-state index contributed by atoms with van der Waals surface area (Å²) in [6.07, 6.45) is -26.4. The molecular weight excluding hydrogens is 677 g/mol. The molecule has 0 saturated heterocycles. The van der Waals surface area contributed by atoms with E-state index in [4.69, 9.17) is 9.47 Å². The number of nitrogens with one attached hydrogen (secondary N) is 2. The zero-order valence-electron chi connectivity index (χ0n) is 21.9. The van der Waals surface area contributed by atoms with Gasteiger partial charge in [-0.25, -0.2) is 4.79 Å². The van der Waals surface area contributed by atoms with Gasteiger partial charge in [0.2, 0.25) is 0 Å². The molecule has 2 rings (SSSR count). The van der Waals surface area contributed by atoms with Gasteiger partial charge in [0, 0.05) is 13.1 Å². The Kier molecular flexibility index (Phi) is 14.2. The summed E-state index contributed by atoms with van der Waals surface area (Å²) >= 11 is 0. The highest BCUT2D eigenvalue weighted by Gasteiger charge is 2.54. The molecule has 0 radical (unpaired) electrons. The lowest BCUT2D eigenvalue weighted by Gasteiger charge is -2.52. The molecule has 9 N–H and O–H groups in total. The van der Waals surface area contributed by atoms with Gasteiger partial charge in [0.05, 0.1) is 36.7 Å². The molecule has 0 aromatic heterocycles. The molecule has 12 atom stereocenters. The van der Waals surface area contributed by atoms with Crippen molar-refractivity contribution in [3.8, 4) is 0 Å². The van der Waals surface area contributed by atoms with Crippen LogP contribution in [-0.2, 0) is 36.7 Å². The number of phosphoric ester groups is 3. The Morgan fingerprint density at radius 1 is 0.500 bits per heavy atom.